The molecular weight excluding hydrogens is 482 g/mol. The van der Waals surface area contributed by atoms with Gasteiger partial charge in [0.1, 0.15) is 6.33 Å². The molecule has 0 spiro atoms. The molecule has 0 aliphatic heterocycles. The lowest BCUT2D eigenvalue weighted by molar-refractivity contribution is 0.430. The standard InChI is InChI=1S/C17H20FIN6OS/c1-9(2)21-4-3-5-25-16-14(15(20)22-8-23-16)24-17(25)27-13-7-12(26)10(18)6-11(13)19/h6-9,21,26H,3-5H2,1-2H3,(H2,20,22,23). The van der Waals surface area contributed by atoms with Crippen molar-refractivity contribution in [2.24, 2.45) is 0 Å². The molecule has 4 N–H and O–H groups in total. The Bertz CT molecular complexity index is 964. The first-order chi connectivity index (χ1) is 12.9. The Hall–Kier alpha value is -1.66. The van der Waals surface area contributed by atoms with Crippen LogP contribution in [0.3, 0.4) is 0 Å². The second-order valence-electron chi connectivity index (χ2n) is 6.28. The van der Waals surface area contributed by atoms with Gasteiger partial charge in [-0.1, -0.05) is 25.6 Å². The third-order valence-electron chi connectivity index (χ3n) is 3.84. The van der Waals surface area contributed by atoms with Crippen LogP contribution in [0, 0.1) is 9.39 Å². The van der Waals surface area contributed by atoms with E-state index < -0.39 is 5.82 Å². The normalized spacial score (nSPS) is 11.6. The molecule has 1 aromatic carbocycles. The Kier molecular flexibility index (Phi) is 6.37. The summed E-state index contributed by atoms with van der Waals surface area (Å²) < 4.78 is 16.2. The number of aryl methyl sites for hydroxylation is 1. The van der Waals surface area contributed by atoms with E-state index in [4.69, 9.17) is 5.73 Å². The molecule has 2 heterocycles. The SMILES string of the molecule is CC(C)NCCCn1c(Sc2cc(O)c(F)cc2I)nc2c(N)ncnc21. The van der Waals surface area contributed by atoms with Crippen molar-refractivity contribution < 1.29 is 9.50 Å². The van der Waals surface area contributed by atoms with E-state index in [1.807, 2.05) is 27.2 Å². The smallest absolute Gasteiger partial charge is 0.175 e. The number of nitrogens with one attached hydrogen (secondary N) is 1. The summed E-state index contributed by atoms with van der Waals surface area (Å²) in [4.78, 5) is 13.6. The predicted molar refractivity (Wildman–Crippen MR) is 112 cm³/mol. The average molecular weight is 502 g/mol. The first kappa shape index (κ1) is 20.1. The van der Waals surface area contributed by atoms with Gasteiger partial charge in [-0.3, -0.25) is 0 Å². The van der Waals surface area contributed by atoms with Gasteiger partial charge in [0, 0.05) is 21.1 Å². The Morgan fingerprint density at radius 1 is 1.37 bits per heavy atom. The highest BCUT2D eigenvalue weighted by atomic mass is 127. The largest absolute Gasteiger partial charge is 0.505 e. The quantitative estimate of drug-likeness (QED) is 0.336. The molecule has 0 aliphatic carbocycles. The van der Waals surface area contributed by atoms with E-state index in [0.717, 1.165) is 13.0 Å². The second-order valence-corrected chi connectivity index (χ2v) is 8.45. The number of aromatic nitrogens is 4. The van der Waals surface area contributed by atoms with Crippen molar-refractivity contribution in [1.29, 1.82) is 0 Å². The van der Waals surface area contributed by atoms with Crippen LogP contribution in [0.5, 0.6) is 5.75 Å². The third-order valence-corrected chi connectivity index (χ3v) is 6.15. The van der Waals surface area contributed by atoms with Crippen LogP contribution in [-0.4, -0.2) is 37.2 Å². The van der Waals surface area contributed by atoms with Crippen molar-refractivity contribution in [3.8, 4) is 5.75 Å². The molecule has 0 aliphatic rings. The van der Waals surface area contributed by atoms with E-state index in [1.165, 1.54) is 30.2 Å². The van der Waals surface area contributed by atoms with Gasteiger partial charge in [0.15, 0.2) is 33.7 Å². The molecular formula is C17H20FIN6OS. The van der Waals surface area contributed by atoms with Gasteiger partial charge in [0.05, 0.1) is 0 Å². The number of hydrogen-bond acceptors (Lipinski definition) is 7. The predicted octanol–water partition coefficient (Wildman–Crippen LogP) is 3.40. The summed E-state index contributed by atoms with van der Waals surface area (Å²) in [5.41, 5.74) is 7.16. The molecule has 2 aromatic heterocycles. The summed E-state index contributed by atoms with van der Waals surface area (Å²) in [5.74, 6) is -0.717. The second kappa shape index (κ2) is 8.57. The van der Waals surface area contributed by atoms with Gasteiger partial charge < -0.3 is 20.7 Å². The number of hydrogen-bond donors (Lipinski definition) is 3. The summed E-state index contributed by atoms with van der Waals surface area (Å²) in [6.07, 6.45) is 2.30. The summed E-state index contributed by atoms with van der Waals surface area (Å²) in [6, 6.07) is 3.12. The fourth-order valence-corrected chi connectivity index (χ4v) is 4.24. The molecule has 0 unspecified atom stereocenters. The van der Waals surface area contributed by atoms with E-state index in [9.17, 15) is 9.50 Å². The molecule has 0 bridgehead atoms. The molecule has 0 saturated heterocycles. The summed E-state index contributed by atoms with van der Waals surface area (Å²) in [5, 5.41) is 13.8. The number of phenolic OH excluding ortho intramolecular Hbond substituents is 1. The van der Waals surface area contributed by atoms with Crippen LogP contribution in [0.15, 0.2) is 28.5 Å². The average Bonchev–Trinajstić information content (AvgIpc) is 2.95. The minimum absolute atomic E-state index is 0.317. The van der Waals surface area contributed by atoms with Crippen LogP contribution in [0.25, 0.3) is 11.2 Å². The number of phenols is 1. The van der Waals surface area contributed by atoms with Gasteiger partial charge >= 0.3 is 0 Å². The Labute approximate surface area is 174 Å². The first-order valence-corrected chi connectivity index (χ1v) is 10.3. The fraction of sp³-hybridized carbons (Fsp3) is 0.353. The van der Waals surface area contributed by atoms with E-state index in [-0.39, 0.29) is 5.75 Å². The van der Waals surface area contributed by atoms with Gasteiger partial charge in [-0.25, -0.2) is 19.3 Å². The van der Waals surface area contributed by atoms with Crippen LogP contribution in [0.2, 0.25) is 0 Å². The van der Waals surface area contributed by atoms with E-state index in [1.54, 1.807) is 0 Å². The number of nitrogens with two attached hydrogens (primary N) is 1. The zero-order valence-electron chi connectivity index (χ0n) is 14.9. The number of nitrogen functional groups attached to an aromatic ring is 1. The van der Waals surface area contributed by atoms with Crippen LogP contribution >= 0.6 is 34.4 Å². The van der Waals surface area contributed by atoms with Gasteiger partial charge in [-0.05, 0) is 47.7 Å². The van der Waals surface area contributed by atoms with E-state index in [0.29, 0.717) is 43.2 Å². The minimum Gasteiger partial charge on any atom is -0.505 e. The number of benzene rings is 1. The number of aromatic hydroxyl groups is 1. The van der Waals surface area contributed by atoms with Gasteiger partial charge in [-0.15, -0.1) is 0 Å². The summed E-state index contributed by atoms with van der Waals surface area (Å²) >= 11 is 3.37. The Balaban J connectivity index is 1.95. The van der Waals surface area contributed by atoms with E-state index >= 15 is 0 Å². The van der Waals surface area contributed by atoms with Crippen molar-refractivity contribution in [1.82, 2.24) is 24.8 Å². The van der Waals surface area contributed by atoms with Crippen molar-refractivity contribution in [3.05, 3.63) is 27.8 Å². The van der Waals surface area contributed by atoms with Gasteiger partial charge in [0.2, 0.25) is 0 Å². The maximum Gasteiger partial charge on any atom is 0.175 e. The van der Waals surface area contributed by atoms with Gasteiger partial charge in [-0.2, -0.15) is 0 Å². The molecule has 144 valence electrons. The summed E-state index contributed by atoms with van der Waals surface area (Å²) in [7, 11) is 0. The maximum atomic E-state index is 13.5. The first-order valence-electron chi connectivity index (χ1n) is 8.42. The Morgan fingerprint density at radius 3 is 2.89 bits per heavy atom. The topological polar surface area (TPSA) is 102 Å². The number of nitrogens with zero attached hydrogens (tertiary/aromatic N) is 4. The lowest BCUT2D eigenvalue weighted by atomic mass is 10.3. The number of imidazole rings is 1. The number of rotatable bonds is 7. The monoisotopic (exact) mass is 502 g/mol. The highest BCUT2D eigenvalue weighted by molar-refractivity contribution is 14.1. The van der Waals surface area contributed by atoms with Crippen molar-refractivity contribution in [2.75, 3.05) is 12.3 Å². The lowest BCUT2D eigenvalue weighted by Gasteiger charge is -2.11. The maximum absolute atomic E-state index is 13.5. The van der Waals surface area contributed by atoms with Crippen molar-refractivity contribution >= 4 is 51.3 Å². The molecule has 3 aromatic rings. The molecule has 0 atom stereocenters. The van der Waals surface area contributed by atoms with E-state index in [2.05, 4.69) is 34.1 Å². The minimum atomic E-state index is -0.646. The highest BCUT2D eigenvalue weighted by Gasteiger charge is 2.18. The van der Waals surface area contributed by atoms with Crippen LogP contribution in [0.4, 0.5) is 10.2 Å². The van der Waals surface area contributed by atoms with Crippen LogP contribution < -0.4 is 11.1 Å². The highest BCUT2D eigenvalue weighted by Crippen LogP contribution is 2.36. The molecule has 0 amide bonds. The van der Waals surface area contributed by atoms with Crippen molar-refractivity contribution in [2.45, 2.75) is 42.9 Å². The summed E-state index contributed by atoms with van der Waals surface area (Å²) in [6.45, 7) is 5.76. The molecule has 3 rings (SSSR count). The molecule has 10 heteroatoms. The number of anilines is 1. The zero-order chi connectivity index (χ0) is 19.6. The fourth-order valence-electron chi connectivity index (χ4n) is 2.54. The van der Waals surface area contributed by atoms with Crippen molar-refractivity contribution in [3.63, 3.8) is 0 Å². The molecule has 7 nitrogen and oxygen atoms in total. The molecule has 0 radical (unpaired) electrons. The Morgan fingerprint density at radius 2 is 2.15 bits per heavy atom. The lowest BCUT2D eigenvalue weighted by Crippen LogP contribution is -2.24. The third kappa shape index (κ3) is 4.61. The van der Waals surface area contributed by atoms with Crippen LogP contribution in [0.1, 0.15) is 20.3 Å². The van der Waals surface area contributed by atoms with Crippen LogP contribution in [-0.2, 0) is 6.54 Å². The number of fused-ring (bicyclic) bond motifs is 1. The van der Waals surface area contributed by atoms with Gasteiger partial charge in [0.25, 0.3) is 0 Å². The zero-order valence-corrected chi connectivity index (χ0v) is 17.9. The molecule has 0 fully saturated rings. The molecule has 0 saturated carbocycles. The molecule has 27 heavy (non-hydrogen) atoms. The number of halogens is 2.